The van der Waals surface area contributed by atoms with Gasteiger partial charge < -0.3 is 4.90 Å². The zero-order valence-electron chi connectivity index (χ0n) is 14.1. The number of rotatable bonds is 6. The van der Waals surface area contributed by atoms with E-state index < -0.39 is 0 Å². The maximum absolute atomic E-state index is 13.0. The van der Waals surface area contributed by atoms with Crippen molar-refractivity contribution in [3.05, 3.63) is 71.3 Å². The standard InChI is InChI=1S/C21H25F2N/c22-20-7-3-17(4-8-20)2-1-13-24-14-11-19(12-15-24)16-18-5-9-21(23)10-6-18/h3-10,19H,1-2,11-16H2. The molecule has 128 valence electrons. The molecular weight excluding hydrogens is 304 g/mol. The predicted octanol–water partition coefficient (Wildman–Crippen LogP) is 4.85. The summed E-state index contributed by atoms with van der Waals surface area (Å²) in [6, 6.07) is 13.8. The van der Waals surface area contributed by atoms with Crippen LogP contribution >= 0.6 is 0 Å². The second-order valence-electron chi connectivity index (χ2n) is 6.85. The van der Waals surface area contributed by atoms with Crippen LogP contribution < -0.4 is 0 Å². The zero-order valence-corrected chi connectivity index (χ0v) is 14.1. The topological polar surface area (TPSA) is 3.24 Å². The Balaban J connectivity index is 1.36. The van der Waals surface area contributed by atoms with E-state index in [4.69, 9.17) is 0 Å². The van der Waals surface area contributed by atoms with Gasteiger partial charge in [-0.25, -0.2) is 8.78 Å². The first-order valence-electron chi connectivity index (χ1n) is 8.90. The Bertz CT molecular complexity index is 613. The molecule has 0 aromatic heterocycles. The van der Waals surface area contributed by atoms with E-state index in [1.54, 1.807) is 12.1 Å². The number of benzene rings is 2. The average molecular weight is 329 g/mol. The minimum absolute atomic E-state index is 0.158. The molecule has 0 aliphatic carbocycles. The van der Waals surface area contributed by atoms with Crippen LogP contribution in [-0.4, -0.2) is 24.5 Å². The Morgan fingerprint density at radius 3 is 1.92 bits per heavy atom. The molecule has 1 heterocycles. The molecule has 0 unspecified atom stereocenters. The van der Waals surface area contributed by atoms with Crippen molar-refractivity contribution in [2.45, 2.75) is 32.1 Å². The third-order valence-electron chi connectivity index (χ3n) is 5.00. The van der Waals surface area contributed by atoms with Crippen LogP contribution in [0.15, 0.2) is 48.5 Å². The fraction of sp³-hybridized carbons (Fsp3) is 0.429. The number of nitrogens with zero attached hydrogens (tertiary/aromatic N) is 1. The summed E-state index contributed by atoms with van der Waals surface area (Å²) >= 11 is 0. The lowest BCUT2D eigenvalue weighted by Gasteiger charge is -2.32. The third kappa shape index (κ3) is 5.13. The van der Waals surface area contributed by atoms with E-state index in [2.05, 4.69) is 4.90 Å². The lowest BCUT2D eigenvalue weighted by molar-refractivity contribution is 0.182. The highest BCUT2D eigenvalue weighted by molar-refractivity contribution is 5.17. The van der Waals surface area contributed by atoms with Crippen molar-refractivity contribution in [3.8, 4) is 0 Å². The third-order valence-corrected chi connectivity index (χ3v) is 5.00. The molecule has 0 atom stereocenters. The van der Waals surface area contributed by atoms with Crippen molar-refractivity contribution in [1.82, 2.24) is 4.90 Å². The largest absolute Gasteiger partial charge is 0.303 e. The van der Waals surface area contributed by atoms with E-state index >= 15 is 0 Å². The number of piperidine rings is 1. The molecule has 0 amide bonds. The molecule has 3 heteroatoms. The molecule has 1 aliphatic heterocycles. The summed E-state index contributed by atoms with van der Waals surface area (Å²) < 4.78 is 25.8. The molecule has 0 spiro atoms. The number of hydrogen-bond donors (Lipinski definition) is 0. The van der Waals surface area contributed by atoms with Crippen molar-refractivity contribution in [3.63, 3.8) is 0 Å². The Kier molecular flexibility index (Phi) is 5.97. The van der Waals surface area contributed by atoms with Gasteiger partial charge in [0.1, 0.15) is 11.6 Å². The van der Waals surface area contributed by atoms with E-state index in [0.29, 0.717) is 5.92 Å². The van der Waals surface area contributed by atoms with Gasteiger partial charge in [0.25, 0.3) is 0 Å². The monoisotopic (exact) mass is 329 g/mol. The maximum atomic E-state index is 13.0. The van der Waals surface area contributed by atoms with Crippen LogP contribution in [0.3, 0.4) is 0 Å². The van der Waals surface area contributed by atoms with Gasteiger partial charge in [-0.2, -0.15) is 0 Å². The lowest BCUT2D eigenvalue weighted by atomic mass is 9.90. The fourth-order valence-corrected chi connectivity index (χ4v) is 3.53. The zero-order chi connectivity index (χ0) is 16.8. The molecule has 1 aliphatic rings. The van der Waals surface area contributed by atoms with Gasteiger partial charge in [0.2, 0.25) is 0 Å². The maximum Gasteiger partial charge on any atom is 0.123 e. The normalized spacial score (nSPS) is 16.4. The van der Waals surface area contributed by atoms with Crippen molar-refractivity contribution in [2.24, 2.45) is 5.92 Å². The quantitative estimate of drug-likeness (QED) is 0.732. The summed E-state index contributed by atoms with van der Waals surface area (Å²) in [5, 5.41) is 0. The Morgan fingerprint density at radius 1 is 0.792 bits per heavy atom. The molecule has 2 aromatic rings. The SMILES string of the molecule is Fc1ccc(CCCN2CCC(Cc3ccc(F)cc3)CC2)cc1. The van der Waals surface area contributed by atoms with Gasteiger partial charge in [-0.15, -0.1) is 0 Å². The van der Waals surface area contributed by atoms with Crippen molar-refractivity contribution in [2.75, 3.05) is 19.6 Å². The van der Waals surface area contributed by atoms with E-state index in [1.165, 1.54) is 36.1 Å². The average Bonchev–Trinajstić information content (AvgIpc) is 2.60. The molecule has 0 radical (unpaired) electrons. The minimum Gasteiger partial charge on any atom is -0.303 e. The van der Waals surface area contributed by atoms with Crippen molar-refractivity contribution in [1.29, 1.82) is 0 Å². The van der Waals surface area contributed by atoms with Crippen molar-refractivity contribution >= 4 is 0 Å². The van der Waals surface area contributed by atoms with E-state index in [9.17, 15) is 8.78 Å². The molecule has 1 saturated heterocycles. The fourth-order valence-electron chi connectivity index (χ4n) is 3.53. The number of aryl methyl sites for hydroxylation is 1. The van der Waals surface area contributed by atoms with E-state index in [0.717, 1.165) is 38.9 Å². The molecule has 0 N–H and O–H groups in total. The van der Waals surface area contributed by atoms with Crippen LogP contribution in [0.2, 0.25) is 0 Å². The second-order valence-corrected chi connectivity index (χ2v) is 6.85. The summed E-state index contributed by atoms with van der Waals surface area (Å²) in [7, 11) is 0. The number of hydrogen-bond acceptors (Lipinski definition) is 1. The highest BCUT2D eigenvalue weighted by Gasteiger charge is 2.19. The first kappa shape index (κ1) is 17.1. The predicted molar refractivity (Wildman–Crippen MR) is 94.0 cm³/mol. The second kappa shape index (κ2) is 8.39. The van der Waals surface area contributed by atoms with Crippen LogP contribution in [0, 0.1) is 17.6 Å². The lowest BCUT2D eigenvalue weighted by Crippen LogP contribution is -2.35. The number of likely N-dealkylation sites (tertiary alicyclic amines) is 1. The molecule has 1 nitrogen and oxygen atoms in total. The van der Waals surface area contributed by atoms with Gasteiger partial charge in [-0.1, -0.05) is 24.3 Å². The molecule has 1 fully saturated rings. The summed E-state index contributed by atoms with van der Waals surface area (Å²) in [5.74, 6) is 0.389. The summed E-state index contributed by atoms with van der Waals surface area (Å²) in [6.07, 6.45) is 5.62. The molecule has 24 heavy (non-hydrogen) atoms. The highest BCUT2D eigenvalue weighted by atomic mass is 19.1. The summed E-state index contributed by atoms with van der Waals surface area (Å²) in [5.41, 5.74) is 2.45. The first-order valence-corrected chi connectivity index (χ1v) is 8.90. The van der Waals surface area contributed by atoms with Gasteiger partial charge in [0, 0.05) is 0 Å². The van der Waals surface area contributed by atoms with Crippen molar-refractivity contribution < 1.29 is 8.78 Å². The Morgan fingerprint density at radius 2 is 1.33 bits per heavy atom. The highest BCUT2D eigenvalue weighted by Crippen LogP contribution is 2.22. The smallest absolute Gasteiger partial charge is 0.123 e. The van der Waals surface area contributed by atoms with Gasteiger partial charge in [0.05, 0.1) is 0 Å². The van der Waals surface area contributed by atoms with E-state index in [1.807, 2.05) is 24.3 Å². The van der Waals surface area contributed by atoms with Crippen LogP contribution in [0.1, 0.15) is 30.4 Å². The van der Waals surface area contributed by atoms with Gasteiger partial charge >= 0.3 is 0 Å². The summed E-state index contributed by atoms with van der Waals surface area (Å²) in [6.45, 7) is 3.41. The Hall–Kier alpha value is -1.74. The molecular formula is C21H25F2N. The van der Waals surface area contributed by atoms with Crippen LogP contribution in [0.25, 0.3) is 0 Å². The summed E-state index contributed by atoms with van der Waals surface area (Å²) in [4.78, 5) is 2.53. The minimum atomic E-state index is -0.165. The molecule has 0 bridgehead atoms. The van der Waals surface area contributed by atoms with Gasteiger partial charge in [-0.05, 0) is 93.0 Å². The van der Waals surface area contributed by atoms with Crippen LogP contribution in [0.4, 0.5) is 8.78 Å². The van der Waals surface area contributed by atoms with Gasteiger partial charge in [-0.3, -0.25) is 0 Å². The molecule has 2 aromatic carbocycles. The van der Waals surface area contributed by atoms with Crippen LogP contribution in [0.5, 0.6) is 0 Å². The molecule has 0 saturated carbocycles. The molecule has 3 rings (SSSR count). The Labute approximate surface area is 143 Å². The van der Waals surface area contributed by atoms with Gasteiger partial charge in [0.15, 0.2) is 0 Å². The van der Waals surface area contributed by atoms with Crippen LogP contribution in [-0.2, 0) is 12.8 Å². The number of halogens is 2. The first-order chi connectivity index (χ1) is 11.7. The van der Waals surface area contributed by atoms with E-state index in [-0.39, 0.29) is 11.6 Å².